The molecule has 98 valence electrons. The maximum absolute atomic E-state index is 3.52. The van der Waals surface area contributed by atoms with Crippen molar-refractivity contribution in [2.75, 3.05) is 25.0 Å². The first-order valence-electron chi connectivity index (χ1n) is 6.89. The lowest BCUT2D eigenvalue weighted by Gasteiger charge is -2.31. The summed E-state index contributed by atoms with van der Waals surface area (Å²) in [5, 5.41) is 3.52. The lowest BCUT2D eigenvalue weighted by atomic mass is 9.90. The second-order valence-corrected chi connectivity index (χ2v) is 5.24. The molecule has 0 bridgehead atoms. The van der Waals surface area contributed by atoms with Gasteiger partial charge in [0, 0.05) is 38.3 Å². The maximum atomic E-state index is 3.52. The van der Waals surface area contributed by atoms with E-state index in [1.165, 1.54) is 16.8 Å². The molecule has 0 radical (unpaired) electrons. The summed E-state index contributed by atoms with van der Waals surface area (Å²) in [5.41, 5.74) is 4.23. The van der Waals surface area contributed by atoms with Gasteiger partial charge >= 0.3 is 0 Å². The number of likely N-dealkylation sites (N-methyl/N-ethyl adjacent to an activating group) is 1. The molecular weight excluding hydrogens is 232 g/mol. The van der Waals surface area contributed by atoms with E-state index >= 15 is 0 Å². The van der Waals surface area contributed by atoms with Crippen LogP contribution in [0.2, 0.25) is 0 Å². The van der Waals surface area contributed by atoms with E-state index in [1.807, 2.05) is 0 Å². The van der Waals surface area contributed by atoms with Gasteiger partial charge in [0.2, 0.25) is 0 Å². The normalized spacial score (nSPS) is 17.8. The Bertz CT molecular complexity index is 536. The van der Waals surface area contributed by atoms with E-state index in [0.717, 1.165) is 19.6 Å². The van der Waals surface area contributed by atoms with Crippen molar-refractivity contribution in [1.82, 2.24) is 5.32 Å². The topological polar surface area (TPSA) is 15.3 Å². The molecule has 1 aliphatic rings. The molecule has 1 atom stereocenters. The Morgan fingerprint density at radius 1 is 1.05 bits per heavy atom. The van der Waals surface area contributed by atoms with Crippen LogP contribution in [0.15, 0.2) is 54.6 Å². The molecule has 1 N–H and O–H groups in total. The van der Waals surface area contributed by atoms with Crippen molar-refractivity contribution in [3.05, 3.63) is 65.7 Å². The van der Waals surface area contributed by atoms with Gasteiger partial charge in [0.05, 0.1) is 0 Å². The van der Waals surface area contributed by atoms with Crippen molar-refractivity contribution in [3.8, 4) is 0 Å². The van der Waals surface area contributed by atoms with Crippen LogP contribution in [0.4, 0.5) is 5.69 Å². The summed E-state index contributed by atoms with van der Waals surface area (Å²) < 4.78 is 0. The summed E-state index contributed by atoms with van der Waals surface area (Å²) in [6, 6.07) is 19.4. The predicted molar refractivity (Wildman–Crippen MR) is 80.6 cm³/mol. The third kappa shape index (κ3) is 2.64. The monoisotopic (exact) mass is 252 g/mol. The molecule has 19 heavy (non-hydrogen) atoms. The van der Waals surface area contributed by atoms with Crippen LogP contribution in [0.5, 0.6) is 0 Å². The molecule has 2 aromatic rings. The van der Waals surface area contributed by atoms with Crippen LogP contribution in [0.25, 0.3) is 0 Å². The lowest BCUT2D eigenvalue weighted by molar-refractivity contribution is 0.540. The summed E-state index contributed by atoms with van der Waals surface area (Å²) >= 11 is 0. The van der Waals surface area contributed by atoms with Gasteiger partial charge in [-0.05, 0) is 23.3 Å². The smallest absolute Gasteiger partial charge is 0.0363 e. The first-order chi connectivity index (χ1) is 9.34. The number of hydrogen-bond donors (Lipinski definition) is 1. The Balaban J connectivity index is 1.78. The third-order valence-corrected chi connectivity index (χ3v) is 3.89. The minimum atomic E-state index is 0.565. The molecule has 2 heteroatoms. The van der Waals surface area contributed by atoms with Gasteiger partial charge in [0.25, 0.3) is 0 Å². The van der Waals surface area contributed by atoms with E-state index < -0.39 is 0 Å². The van der Waals surface area contributed by atoms with E-state index in [4.69, 9.17) is 0 Å². The minimum Gasteiger partial charge on any atom is -0.374 e. The summed E-state index contributed by atoms with van der Waals surface area (Å²) in [6.07, 6.45) is 0. The number of hydrogen-bond acceptors (Lipinski definition) is 2. The van der Waals surface area contributed by atoms with Crippen molar-refractivity contribution >= 4 is 5.69 Å². The number of benzene rings is 2. The molecule has 2 aromatic carbocycles. The Hall–Kier alpha value is -1.80. The predicted octanol–water partition coefficient (Wildman–Crippen LogP) is 3.01. The number of rotatable bonds is 3. The number of nitrogens with zero attached hydrogens (tertiary/aromatic N) is 1. The molecule has 0 aliphatic carbocycles. The van der Waals surface area contributed by atoms with Crippen LogP contribution in [0.3, 0.4) is 0 Å². The highest BCUT2D eigenvalue weighted by Gasteiger charge is 2.20. The molecular formula is C17H20N2. The standard InChI is InChI=1S/C17H20N2/c1-19(16-8-3-2-4-9-16)13-15-12-18-11-14-7-5-6-10-17(14)15/h2-10,15,18H,11-13H2,1H3. The summed E-state index contributed by atoms with van der Waals surface area (Å²) in [5.74, 6) is 0.565. The molecule has 0 saturated carbocycles. The number of anilines is 1. The molecule has 1 aliphatic heterocycles. The van der Waals surface area contributed by atoms with Crippen LogP contribution < -0.4 is 10.2 Å². The highest BCUT2D eigenvalue weighted by Crippen LogP contribution is 2.25. The van der Waals surface area contributed by atoms with Gasteiger partial charge in [0.15, 0.2) is 0 Å². The van der Waals surface area contributed by atoms with E-state index in [-0.39, 0.29) is 0 Å². The maximum Gasteiger partial charge on any atom is 0.0363 e. The van der Waals surface area contributed by atoms with E-state index in [2.05, 4.69) is 71.9 Å². The van der Waals surface area contributed by atoms with Crippen LogP contribution in [0.1, 0.15) is 17.0 Å². The minimum absolute atomic E-state index is 0.565. The number of para-hydroxylation sites is 1. The highest BCUT2D eigenvalue weighted by molar-refractivity contribution is 5.46. The molecule has 2 nitrogen and oxygen atoms in total. The molecule has 1 heterocycles. The second-order valence-electron chi connectivity index (χ2n) is 5.24. The highest BCUT2D eigenvalue weighted by atomic mass is 15.1. The fourth-order valence-corrected chi connectivity index (χ4v) is 2.87. The van der Waals surface area contributed by atoms with Gasteiger partial charge in [-0.15, -0.1) is 0 Å². The Labute approximate surface area is 115 Å². The number of nitrogens with one attached hydrogen (secondary N) is 1. The van der Waals surface area contributed by atoms with Gasteiger partial charge in [-0.25, -0.2) is 0 Å². The van der Waals surface area contributed by atoms with Crippen LogP contribution >= 0.6 is 0 Å². The van der Waals surface area contributed by atoms with Crippen molar-refractivity contribution in [1.29, 1.82) is 0 Å². The fraction of sp³-hybridized carbons (Fsp3) is 0.294. The zero-order chi connectivity index (χ0) is 13.1. The molecule has 0 fully saturated rings. The molecule has 1 unspecified atom stereocenters. The molecule has 0 saturated heterocycles. The summed E-state index contributed by atoms with van der Waals surface area (Å²) in [4.78, 5) is 2.34. The van der Waals surface area contributed by atoms with Crippen molar-refractivity contribution < 1.29 is 0 Å². The van der Waals surface area contributed by atoms with E-state index in [1.54, 1.807) is 0 Å². The first-order valence-corrected chi connectivity index (χ1v) is 6.89. The van der Waals surface area contributed by atoms with Crippen molar-refractivity contribution in [3.63, 3.8) is 0 Å². The quantitative estimate of drug-likeness (QED) is 0.903. The average Bonchev–Trinajstić information content (AvgIpc) is 2.48. The third-order valence-electron chi connectivity index (χ3n) is 3.89. The zero-order valence-corrected chi connectivity index (χ0v) is 11.3. The van der Waals surface area contributed by atoms with Crippen LogP contribution in [-0.2, 0) is 6.54 Å². The Morgan fingerprint density at radius 3 is 2.63 bits per heavy atom. The lowest BCUT2D eigenvalue weighted by Crippen LogP contribution is -2.35. The zero-order valence-electron chi connectivity index (χ0n) is 11.3. The van der Waals surface area contributed by atoms with Crippen molar-refractivity contribution in [2.45, 2.75) is 12.5 Å². The van der Waals surface area contributed by atoms with Gasteiger partial charge < -0.3 is 10.2 Å². The Kier molecular flexibility index (Phi) is 3.51. The molecule has 0 amide bonds. The fourth-order valence-electron chi connectivity index (χ4n) is 2.87. The van der Waals surface area contributed by atoms with E-state index in [9.17, 15) is 0 Å². The summed E-state index contributed by atoms with van der Waals surface area (Å²) in [7, 11) is 2.17. The largest absolute Gasteiger partial charge is 0.374 e. The van der Waals surface area contributed by atoms with Gasteiger partial charge in [-0.1, -0.05) is 42.5 Å². The average molecular weight is 252 g/mol. The van der Waals surface area contributed by atoms with Crippen molar-refractivity contribution in [2.24, 2.45) is 0 Å². The van der Waals surface area contributed by atoms with Gasteiger partial charge in [0.1, 0.15) is 0 Å². The molecule has 0 spiro atoms. The van der Waals surface area contributed by atoms with Crippen LogP contribution in [0, 0.1) is 0 Å². The summed E-state index contributed by atoms with van der Waals surface area (Å²) in [6.45, 7) is 3.12. The van der Waals surface area contributed by atoms with E-state index in [0.29, 0.717) is 5.92 Å². The molecule has 3 rings (SSSR count). The second kappa shape index (κ2) is 5.45. The Morgan fingerprint density at radius 2 is 1.79 bits per heavy atom. The van der Waals surface area contributed by atoms with Gasteiger partial charge in [-0.3, -0.25) is 0 Å². The first kappa shape index (κ1) is 12.2. The molecule has 0 aromatic heterocycles. The van der Waals surface area contributed by atoms with Gasteiger partial charge in [-0.2, -0.15) is 0 Å². The SMILES string of the molecule is CN(CC1CNCc2ccccc21)c1ccccc1. The number of fused-ring (bicyclic) bond motifs is 1. The van der Waals surface area contributed by atoms with Crippen LogP contribution in [-0.4, -0.2) is 20.1 Å².